The number of aromatic nitrogens is 1. The van der Waals surface area contributed by atoms with Crippen LogP contribution in [0, 0.1) is 5.92 Å². The van der Waals surface area contributed by atoms with Crippen LogP contribution in [0.1, 0.15) is 57.4 Å². The Hall–Kier alpha value is -1.91. The van der Waals surface area contributed by atoms with Gasteiger partial charge in [0.15, 0.2) is 0 Å². The van der Waals surface area contributed by atoms with E-state index in [9.17, 15) is 14.4 Å². The van der Waals surface area contributed by atoms with Gasteiger partial charge in [0, 0.05) is 25.2 Å². The Morgan fingerprint density at radius 3 is 2.62 bits per heavy atom. The Labute approximate surface area is 142 Å². The third-order valence-corrected chi connectivity index (χ3v) is 5.48. The predicted octanol–water partition coefficient (Wildman–Crippen LogP) is 2.64. The summed E-state index contributed by atoms with van der Waals surface area (Å²) in [6.45, 7) is 2.57. The van der Waals surface area contributed by atoms with Gasteiger partial charge in [-0.2, -0.15) is 0 Å². The number of rotatable bonds is 5. The molecule has 5 heteroatoms. The van der Waals surface area contributed by atoms with Crippen LogP contribution in [0.25, 0.3) is 0 Å². The highest BCUT2D eigenvalue weighted by molar-refractivity contribution is 5.98. The fraction of sp³-hybridized carbons (Fsp3) is 0.632. The monoisotopic (exact) mass is 331 g/mol. The van der Waals surface area contributed by atoms with Gasteiger partial charge >= 0.3 is 5.97 Å². The SMILES string of the molecule is CCn1cc(CCC2(C3CCCC3)CC(=O)CC(=O)O2)ccc1=O. The molecule has 1 saturated carbocycles. The molecule has 0 amide bonds. The highest BCUT2D eigenvalue weighted by atomic mass is 16.6. The maximum Gasteiger partial charge on any atom is 0.313 e. The molecule has 1 saturated heterocycles. The molecule has 0 radical (unpaired) electrons. The molecule has 5 nitrogen and oxygen atoms in total. The number of hydrogen-bond acceptors (Lipinski definition) is 4. The fourth-order valence-electron chi connectivity index (χ4n) is 4.21. The number of pyridine rings is 1. The minimum Gasteiger partial charge on any atom is -0.458 e. The maximum absolute atomic E-state index is 12.1. The average Bonchev–Trinajstić information content (AvgIpc) is 3.08. The van der Waals surface area contributed by atoms with E-state index >= 15 is 0 Å². The Bertz CT molecular complexity index is 669. The van der Waals surface area contributed by atoms with Gasteiger partial charge in [0.1, 0.15) is 17.8 Å². The standard InChI is InChI=1S/C19H25NO4/c1-2-20-13-14(7-8-17(20)22)9-10-19(15-5-3-4-6-15)12-16(21)11-18(23)24-19/h7-8,13,15H,2-6,9-12H2,1H3. The summed E-state index contributed by atoms with van der Waals surface area (Å²) < 4.78 is 7.48. The van der Waals surface area contributed by atoms with Crippen LogP contribution in [0.4, 0.5) is 0 Å². The quantitative estimate of drug-likeness (QED) is 0.614. The van der Waals surface area contributed by atoms with E-state index in [0.29, 0.717) is 25.8 Å². The van der Waals surface area contributed by atoms with Gasteiger partial charge in [-0.05, 0) is 44.1 Å². The summed E-state index contributed by atoms with van der Waals surface area (Å²) in [4.78, 5) is 35.7. The van der Waals surface area contributed by atoms with Crippen molar-refractivity contribution in [2.24, 2.45) is 5.92 Å². The molecule has 1 aromatic heterocycles. The van der Waals surface area contributed by atoms with Gasteiger partial charge < -0.3 is 9.30 Å². The van der Waals surface area contributed by atoms with Gasteiger partial charge in [0.25, 0.3) is 5.56 Å². The molecule has 1 aliphatic carbocycles. The summed E-state index contributed by atoms with van der Waals surface area (Å²) in [5.41, 5.74) is 0.393. The van der Waals surface area contributed by atoms with E-state index < -0.39 is 5.60 Å². The fourth-order valence-corrected chi connectivity index (χ4v) is 4.21. The first-order valence-corrected chi connectivity index (χ1v) is 8.95. The van der Waals surface area contributed by atoms with Crippen LogP contribution in [-0.2, 0) is 27.3 Å². The highest BCUT2D eigenvalue weighted by Crippen LogP contribution is 2.43. The van der Waals surface area contributed by atoms with Crippen molar-refractivity contribution in [2.45, 2.75) is 70.4 Å². The summed E-state index contributed by atoms with van der Waals surface area (Å²) >= 11 is 0. The molecule has 1 atom stereocenters. The van der Waals surface area contributed by atoms with Crippen molar-refractivity contribution in [2.75, 3.05) is 0 Å². The Kier molecular flexibility index (Phi) is 4.88. The highest BCUT2D eigenvalue weighted by Gasteiger charge is 2.47. The smallest absolute Gasteiger partial charge is 0.313 e. The second-order valence-corrected chi connectivity index (χ2v) is 7.07. The second-order valence-electron chi connectivity index (χ2n) is 7.07. The third kappa shape index (κ3) is 3.45. The zero-order valence-corrected chi connectivity index (χ0v) is 14.3. The molecule has 2 fully saturated rings. The van der Waals surface area contributed by atoms with Crippen LogP contribution in [0.3, 0.4) is 0 Å². The number of carbonyl (C=O) groups excluding carboxylic acids is 2. The number of cyclic esters (lactones) is 1. The predicted molar refractivity (Wildman–Crippen MR) is 89.7 cm³/mol. The summed E-state index contributed by atoms with van der Waals surface area (Å²) in [5, 5.41) is 0. The summed E-state index contributed by atoms with van der Waals surface area (Å²) in [5.74, 6) is -0.101. The average molecular weight is 331 g/mol. The number of esters is 1. The molecule has 130 valence electrons. The number of carbonyl (C=O) groups is 2. The zero-order chi connectivity index (χ0) is 17.2. The van der Waals surface area contributed by atoms with Gasteiger partial charge in [0.2, 0.25) is 0 Å². The Morgan fingerprint density at radius 1 is 1.21 bits per heavy atom. The topological polar surface area (TPSA) is 65.4 Å². The van der Waals surface area contributed by atoms with E-state index in [0.717, 1.165) is 31.2 Å². The molecule has 1 aromatic rings. The van der Waals surface area contributed by atoms with Crippen LogP contribution in [0.15, 0.2) is 23.1 Å². The van der Waals surface area contributed by atoms with Crippen molar-refractivity contribution in [3.8, 4) is 0 Å². The number of ketones is 1. The molecule has 1 aliphatic heterocycles. The minimum absolute atomic E-state index is 0.00308. The van der Waals surface area contributed by atoms with E-state index in [1.807, 2.05) is 19.2 Å². The number of aryl methyl sites for hydroxylation is 2. The molecular weight excluding hydrogens is 306 g/mol. The van der Waals surface area contributed by atoms with Crippen molar-refractivity contribution in [3.05, 3.63) is 34.2 Å². The lowest BCUT2D eigenvalue weighted by atomic mass is 9.76. The molecule has 2 aliphatic rings. The summed E-state index contributed by atoms with van der Waals surface area (Å²) in [7, 11) is 0. The van der Waals surface area contributed by atoms with Crippen molar-refractivity contribution in [1.82, 2.24) is 4.57 Å². The molecule has 24 heavy (non-hydrogen) atoms. The van der Waals surface area contributed by atoms with Crippen molar-refractivity contribution in [1.29, 1.82) is 0 Å². The molecule has 2 heterocycles. The van der Waals surface area contributed by atoms with Gasteiger partial charge in [-0.25, -0.2) is 0 Å². The first-order valence-electron chi connectivity index (χ1n) is 8.95. The molecule has 1 unspecified atom stereocenters. The largest absolute Gasteiger partial charge is 0.458 e. The van der Waals surface area contributed by atoms with E-state index in [2.05, 4.69) is 0 Å². The van der Waals surface area contributed by atoms with Crippen molar-refractivity contribution in [3.63, 3.8) is 0 Å². The van der Waals surface area contributed by atoms with Crippen molar-refractivity contribution >= 4 is 11.8 Å². The second kappa shape index (κ2) is 6.91. The van der Waals surface area contributed by atoms with Gasteiger partial charge in [-0.1, -0.05) is 18.9 Å². The lowest BCUT2D eigenvalue weighted by molar-refractivity contribution is -0.178. The summed E-state index contributed by atoms with van der Waals surface area (Å²) in [6, 6.07) is 3.42. The molecule has 3 rings (SSSR count). The van der Waals surface area contributed by atoms with Crippen LogP contribution in [-0.4, -0.2) is 21.9 Å². The van der Waals surface area contributed by atoms with E-state index in [1.165, 1.54) is 0 Å². The molecule has 0 spiro atoms. The lowest BCUT2D eigenvalue weighted by Crippen LogP contribution is -2.48. The number of ether oxygens (including phenoxy) is 1. The number of nitrogens with zero attached hydrogens (tertiary/aromatic N) is 1. The zero-order valence-electron chi connectivity index (χ0n) is 14.3. The maximum atomic E-state index is 12.1. The van der Waals surface area contributed by atoms with Gasteiger partial charge in [-0.3, -0.25) is 14.4 Å². The molecule has 0 N–H and O–H groups in total. The molecular formula is C19H25NO4. The van der Waals surface area contributed by atoms with Crippen LogP contribution in [0.5, 0.6) is 0 Å². The molecule has 0 bridgehead atoms. The summed E-state index contributed by atoms with van der Waals surface area (Å²) in [6.07, 6.45) is 7.80. The van der Waals surface area contributed by atoms with Crippen molar-refractivity contribution < 1.29 is 14.3 Å². The van der Waals surface area contributed by atoms with E-state index in [4.69, 9.17) is 4.74 Å². The number of Topliss-reactive ketones (excluding diaryl/α,β-unsaturated/α-hetero) is 1. The van der Waals surface area contributed by atoms with Gasteiger partial charge in [0.05, 0.1) is 0 Å². The first kappa shape index (κ1) is 16.9. The van der Waals surface area contributed by atoms with E-state index in [-0.39, 0.29) is 29.7 Å². The normalized spacial score (nSPS) is 25.0. The van der Waals surface area contributed by atoms with Gasteiger partial charge in [-0.15, -0.1) is 0 Å². The van der Waals surface area contributed by atoms with E-state index in [1.54, 1.807) is 10.6 Å². The molecule has 0 aromatic carbocycles. The lowest BCUT2D eigenvalue weighted by Gasteiger charge is -2.41. The number of hydrogen-bond donors (Lipinski definition) is 0. The van der Waals surface area contributed by atoms with Crippen LogP contribution in [0.2, 0.25) is 0 Å². The Balaban J connectivity index is 1.80. The minimum atomic E-state index is -0.643. The Morgan fingerprint density at radius 2 is 1.96 bits per heavy atom. The first-order chi connectivity index (χ1) is 11.5. The van der Waals surface area contributed by atoms with Crippen LogP contribution >= 0.6 is 0 Å². The van der Waals surface area contributed by atoms with Crippen LogP contribution < -0.4 is 5.56 Å². The third-order valence-electron chi connectivity index (χ3n) is 5.48.